The van der Waals surface area contributed by atoms with E-state index in [1.807, 2.05) is 19.1 Å². The minimum atomic E-state index is -0.217. The summed E-state index contributed by atoms with van der Waals surface area (Å²) in [6.45, 7) is 2.41. The molecule has 6 heteroatoms. The largest absolute Gasteiger partial charge is 0.504 e. The van der Waals surface area contributed by atoms with E-state index in [9.17, 15) is 9.90 Å². The normalized spacial score (nSPS) is 10.6. The van der Waals surface area contributed by atoms with Crippen LogP contribution in [0, 0.1) is 0 Å². The van der Waals surface area contributed by atoms with Crippen LogP contribution in [0.15, 0.2) is 46.6 Å². The van der Waals surface area contributed by atoms with E-state index >= 15 is 0 Å². The van der Waals surface area contributed by atoms with E-state index in [2.05, 4.69) is 10.2 Å². The first-order chi connectivity index (χ1) is 10.7. The van der Waals surface area contributed by atoms with Crippen LogP contribution in [0.4, 0.5) is 11.4 Å². The van der Waals surface area contributed by atoms with Crippen molar-refractivity contribution in [3.63, 3.8) is 0 Å². The van der Waals surface area contributed by atoms with Gasteiger partial charge in [0, 0.05) is 6.07 Å². The van der Waals surface area contributed by atoms with Crippen molar-refractivity contribution < 1.29 is 19.4 Å². The van der Waals surface area contributed by atoms with Crippen LogP contribution in [0.25, 0.3) is 0 Å². The number of carbonyl (C=O) groups excluding carboxylic acids is 1. The quantitative estimate of drug-likeness (QED) is 0.645. The Labute approximate surface area is 128 Å². The molecule has 0 bridgehead atoms. The number of ether oxygens (including phenoxy) is 2. The van der Waals surface area contributed by atoms with Crippen molar-refractivity contribution >= 4 is 17.7 Å². The lowest BCUT2D eigenvalue weighted by Gasteiger charge is -2.07. The number of rotatable bonds is 6. The fourth-order valence-electron chi connectivity index (χ4n) is 1.85. The maximum absolute atomic E-state index is 11.0. The van der Waals surface area contributed by atoms with Gasteiger partial charge in [0.05, 0.1) is 25.0 Å². The molecule has 114 valence electrons. The summed E-state index contributed by atoms with van der Waals surface area (Å²) < 4.78 is 10.5. The molecule has 0 aromatic heterocycles. The number of methoxy groups -OCH3 is 1. The van der Waals surface area contributed by atoms with Crippen LogP contribution in [0.1, 0.15) is 17.3 Å². The zero-order valence-corrected chi connectivity index (χ0v) is 12.3. The zero-order valence-electron chi connectivity index (χ0n) is 12.3. The lowest BCUT2D eigenvalue weighted by atomic mass is 10.2. The summed E-state index contributed by atoms with van der Waals surface area (Å²) in [5.41, 5.74) is 1.05. The molecule has 0 unspecified atom stereocenters. The molecule has 6 nitrogen and oxygen atoms in total. The smallest absolute Gasteiger partial charge is 0.168 e. The first kappa shape index (κ1) is 15.5. The predicted octanol–water partition coefficient (Wildman–Crippen LogP) is 4.03. The molecule has 0 aliphatic carbocycles. The molecule has 22 heavy (non-hydrogen) atoms. The fraction of sp³-hybridized carbons (Fsp3) is 0.188. The first-order valence-corrected chi connectivity index (χ1v) is 6.69. The Morgan fingerprint density at radius 1 is 1.18 bits per heavy atom. The highest BCUT2D eigenvalue weighted by Crippen LogP contribution is 2.35. The second-order valence-electron chi connectivity index (χ2n) is 4.30. The molecular weight excluding hydrogens is 284 g/mol. The topological polar surface area (TPSA) is 80.5 Å². The van der Waals surface area contributed by atoms with E-state index in [1.165, 1.54) is 19.2 Å². The molecule has 0 aliphatic heterocycles. The van der Waals surface area contributed by atoms with Crippen LogP contribution < -0.4 is 9.47 Å². The second-order valence-corrected chi connectivity index (χ2v) is 4.30. The molecule has 2 rings (SSSR count). The number of nitrogens with zero attached hydrogens (tertiary/aromatic N) is 2. The average Bonchev–Trinajstić information content (AvgIpc) is 2.55. The highest BCUT2D eigenvalue weighted by Gasteiger charge is 2.10. The van der Waals surface area contributed by atoms with Crippen molar-refractivity contribution in [2.24, 2.45) is 10.2 Å². The van der Waals surface area contributed by atoms with Crippen molar-refractivity contribution in [3.8, 4) is 17.2 Å². The Balaban J connectivity index is 2.36. The number of phenolic OH excluding ortho intramolecular Hbond substituents is 1. The van der Waals surface area contributed by atoms with Gasteiger partial charge in [0.1, 0.15) is 11.4 Å². The molecule has 0 fully saturated rings. The van der Waals surface area contributed by atoms with Crippen LogP contribution in [-0.2, 0) is 0 Å². The third-order valence-electron chi connectivity index (χ3n) is 2.87. The van der Waals surface area contributed by atoms with Crippen LogP contribution in [0.2, 0.25) is 0 Å². The number of carbonyl (C=O) groups is 1. The zero-order chi connectivity index (χ0) is 15.9. The van der Waals surface area contributed by atoms with Crippen molar-refractivity contribution in [2.45, 2.75) is 6.92 Å². The van der Waals surface area contributed by atoms with Crippen molar-refractivity contribution in [1.82, 2.24) is 0 Å². The van der Waals surface area contributed by atoms with Crippen molar-refractivity contribution in [1.29, 1.82) is 0 Å². The van der Waals surface area contributed by atoms with E-state index in [1.54, 1.807) is 12.1 Å². The van der Waals surface area contributed by atoms with Crippen LogP contribution in [0.5, 0.6) is 17.2 Å². The Morgan fingerprint density at radius 3 is 2.64 bits per heavy atom. The van der Waals surface area contributed by atoms with Gasteiger partial charge < -0.3 is 14.6 Å². The maximum atomic E-state index is 11.0. The minimum absolute atomic E-state index is 0.0893. The Hall–Kier alpha value is -2.89. The van der Waals surface area contributed by atoms with E-state index < -0.39 is 0 Å². The number of aldehydes is 1. The standard InChI is InChI=1S/C16H16N2O4/c1-3-22-14-7-5-4-6-13(14)18-17-12-8-11(10-19)16(20)15(9-12)21-2/h4-10,20H,3H2,1-2H3. The average molecular weight is 300 g/mol. The van der Waals surface area contributed by atoms with Gasteiger partial charge in [-0.2, -0.15) is 5.11 Å². The molecule has 0 saturated heterocycles. The minimum Gasteiger partial charge on any atom is -0.504 e. The number of benzene rings is 2. The van der Waals surface area contributed by atoms with Gasteiger partial charge in [-0.3, -0.25) is 4.79 Å². The van der Waals surface area contributed by atoms with Crippen LogP contribution in [-0.4, -0.2) is 25.1 Å². The molecule has 0 amide bonds. The monoisotopic (exact) mass is 300 g/mol. The lowest BCUT2D eigenvalue weighted by Crippen LogP contribution is -1.90. The molecule has 0 radical (unpaired) electrons. The Bertz CT molecular complexity index is 699. The third kappa shape index (κ3) is 3.41. The van der Waals surface area contributed by atoms with Crippen LogP contribution in [0.3, 0.4) is 0 Å². The maximum Gasteiger partial charge on any atom is 0.168 e. The van der Waals surface area contributed by atoms with Gasteiger partial charge in [0.25, 0.3) is 0 Å². The number of hydrogen-bond acceptors (Lipinski definition) is 6. The highest BCUT2D eigenvalue weighted by atomic mass is 16.5. The number of phenols is 1. The second kappa shape index (κ2) is 7.21. The molecular formula is C16H16N2O4. The van der Waals surface area contributed by atoms with Gasteiger partial charge in [-0.15, -0.1) is 5.11 Å². The molecule has 1 N–H and O–H groups in total. The van der Waals surface area contributed by atoms with Gasteiger partial charge in [-0.25, -0.2) is 0 Å². The number of aromatic hydroxyl groups is 1. The summed E-state index contributed by atoms with van der Waals surface area (Å²) in [6.07, 6.45) is 0.533. The van der Waals surface area contributed by atoms with Gasteiger partial charge in [-0.1, -0.05) is 12.1 Å². The van der Waals surface area contributed by atoms with E-state index in [4.69, 9.17) is 9.47 Å². The van der Waals surface area contributed by atoms with E-state index in [0.29, 0.717) is 30.0 Å². The Kier molecular flexibility index (Phi) is 5.08. The van der Waals surface area contributed by atoms with Crippen molar-refractivity contribution in [2.75, 3.05) is 13.7 Å². The third-order valence-corrected chi connectivity index (χ3v) is 2.87. The molecule has 0 saturated carbocycles. The summed E-state index contributed by atoms with van der Waals surface area (Å²) in [6, 6.07) is 10.2. The summed E-state index contributed by atoms with van der Waals surface area (Å²) in [5.74, 6) is 0.568. The molecule has 2 aromatic carbocycles. The lowest BCUT2D eigenvalue weighted by molar-refractivity contribution is 0.112. The van der Waals surface area contributed by atoms with Gasteiger partial charge in [0.2, 0.25) is 0 Å². The first-order valence-electron chi connectivity index (χ1n) is 6.69. The van der Waals surface area contributed by atoms with E-state index in [-0.39, 0.29) is 17.1 Å². The van der Waals surface area contributed by atoms with Gasteiger partial charge in [-0.05, 0) is 25.1 Å². The summed E-state index contributed by atoms with van der Waals surface area (Å²) >= 11 is 0. The molecule has 0 heterocycles. The molecule has 2 aromatic rings. The summed E-state index contributed by atoms with van der Waals surface area (Å²) in [5, 5.41) is 18.0. The summed E-state index contributed by atoms with van der Waals surface area (Å²) in [4.78, 5) is 11.0. The number of hydrogen-bond donors (Lipinski definition) is 1. The molecule has 0 aliphatic rings. The Morgan fingerprint density at radius 2 is 1.95 bits per heavy atom. The number of para-hydroxylation sites is 1. The fourth-order valence-corrected chi connectivity index (χ4v) is 1.85. The van der Waals surface area contributed by atoms with Gasteiger partial charge in [0.15, 0.2) is 17.8 Å². The highest BCUT2D eigenvalue weighted by molar-refractivity contribution is 5.83. The molecule has 0 atom stereocenters. The number of azo groups is 1. The molecule has 0 spiro atoms. The predicted molar refractivity (Wildman–Crippen MR) is 81.8 cm³/mol. The summed E-state index contributed by atoms with van der Waals surface area (Å²) in [7, 11) is 1.40. The van der Waals surface area contributed by atoms with Gasteiger partial charge >= 0.3 is 0 Å². The SMILES string of the molecule is CCOc1ccccc1N=Nc1cc(C=O)c(O)c(OC)c1. The van der Waals surface area contributed by atoms with Crippen molar-refractivity contribution in [3.05, 3.63) is 42.0 Å². The van der Waals surface area contributed by atoms with E-state index in [0.717, 1.165) is 0 Å². The van der Waals surface area contributed by atoms with Crippen LogP contribution >= 0.6 is 0 Å².